The van der Waals surface area contributed by atoms with Gasteiger partial charge in [-0.2, -0.15) is 0 Å². The molecular weight excluding hydrogens is 172 g/mol. The van der Waals surface area contributed by atoms with Crippen molar-refractivity contribution in [2.45, 2.75) is 46.5 Å². The maximum absolute atomic E-state index is 9.52. The quantitative estimate of drug-likeness (QED) is 0.721. The van der Waals surface area contributed by atoms with E-state index in [-0.39, 0.29) is 5.41 Å². The fourth-order valence-corrected chi connectivity index (χ4v) is 2.19. The summed E-state index contributed by atoms with van der Waals surface area (Å²) >= 11 is 0. The molecule has 1 aromatic carbocycles. The Kier molecular flexibility index (Phi) is 2.89. The van der Waals surface area contributed by atoms with E-state index in [9.17, 15) is 5.11 Å². The highest BCUT2D eigenvalue weighted by atomic mass is 16.3. The molecule has 0 saturated carbocycles. The van der Waals surface area contributed by atoms with Gasteiger partial charge in [0.25, 0.3) is 0 Å². The molecule has 78 valence electrons. The predicted octanol–water partition coefficient (Wildman–Crippen LogP) is 3.56. The summed E-state index contributed by atoms with van der Waals surface area (Å²) in [5.41, 5.74) is 3.98. The van der Waals surface area contributed by atoms with E-state index in [1.807, 2.05) is 12.1 Å². The fourth-order valence-electron chi connectivity index (χ4n) is 2.19. The summed E-state index contributed by atoms with van der Waals surface area (Å²) in [7, 11) is 0. The van der Waals surface area contributed by atoms with E-state index in [0.717, 1.165) is 6.42 Å². The first kappa shape index (κ1) is 11.1. The van der Waals surface area contributed by atoms with E-state index in [1.165, 1.54) is 16.7 Å². The summed E-state index contributed by atoms with van der Waals surface area (Å²) in [6.07, 6.45) is 0.974. The Hall–Kier alpha value is -0.980. The van der Waals surface area contributed by atoms with Crippen LogP contribution in [0, 0.1) is 6.92 Å². The predicted molar refractivity (Wildman–Crippen MR) is 60.9 cm³/mol. The number of hydrogen-bond donors (Lipinski definition) is 1. The van der Waals surface area contributed by atoms with Gasteiger partial charge in [0.1, 0.15) is 5.75 Å². The third-order valence-electron chi connectivity index (χ3n) is 2.53. The summed E-state index contributed by atoms with van der Waals surface area (Å²) in [5.74, 6) is 0.382. The lowest BCUT2D eigenvalue weighted by molar-refractivity contribution is 0.472. The van der Waals surface area contributed by atoms with Crippen molar-refractivity contribution in [1.82, 2.24) is 0 Å². The molecule has 0 aromatic heterocycles. The van der Waals surface area contributed by atoms with Crippen LogP contribution in [0.4, 0.5) is 0 Å². The number of aromatic hydroxyl groups is 1. The largest absolute Gasteiger partial charge is 0.508 e. The van der Waals surface area contributed by atoms with E-state index in [4.69, 9.17) is 0 Å². The topological polar surface area (TPSA) is 20.2 Å². The van der Waals surface area contributed by atoms with Gasteiger partial charge in [-0.3, -0.25) is 0 Å². The summed E-state index contributed by atoms with van der Waals surface area (Å²) < 4.78 is 0. The average Bonchev–Trinajstić information content (AvgIpc) is 1.99. The van der Waals surface area contributed by atoms with Gasteiger partial charge in [0.15, 0.2) is 0 Å². The molecular formula is C13H20O. The Bertz CT molecular complexity index is 332. The Balaban J connectivity index is 3.40. The van der Waals surface area contributed by atoms with Crippen LogP contribution in [0.2, 0.25) is 0 Å². The van der Waals surface area contributed by atoms with Gasteiger partial charge < -0.3 is 5.11 Å². The molecule has 1 heteroatoms. The van der Waals surface area contributed by atoms with E-state index >= 15 is 0 Å². The molecule has 1 rings (SSSR count). The van der Waals surface area contributed by atoms with Crippen LogP contribution in [0.1, 0.15) is 44.4 Å². The molecule has 0 unspecified atom stereocenters. The SMILES string of the molecule is CCc1cc(O)cc(C)c1C(C)(C)C. The van der Waals surface area contributed by atoms with Crippen LogP contribution in [0.25, 0.3) is 0 Å². The lowest BCUT2D eigenvalue weighted by Crippen LogP contribution is -2.16. The zero-order chi connectivity index (χ0) is 10.9. The Labute approximate surface area is 86.8 Å². The van der Waals surface area contributed by atoms with Crippen molar-refractivity contribution in [1.29, 1.82) is 0 Å². The van der Waals surface area contributed by atoms with Crippen molar-refractivity contribution in [3.8, 4) is 5.75 Å². The second-order valence-electron chi connectivity index (χ2n) is 4.90. The van der Waals surface area contributed by atoms with Crippen LogP contribution in [0.15, 0.2) is 12.1 Å². The van der Waals surface area contributed by atoms with Crippen LogP contribution in [-0.4, -0.2) is 5.11 Å². The van der Waals surface area contributed by atoms with E-state index < -0.39 is 0 Å². The van der Waals surface area contributed by atoms with Gasteiger partial charge in [-0.1, -0.05) is 27.7 Å². The van der Waals surface area contributed by atoms with Crippen LogP contribution in [0.5, 0.6) is 5.75 Å². The molecule has 0 atom stereocenters. The van der Waals surface area contributed by atoms with E-state index in [1.54, 1.807) is 0 Å². The fraction of sp³-hybridized carbons (Fsp3) is 0.538. The maximum Gasteiger partial charge on any atom is 0.116 e. The molecule has 0 bridgehead atoms. The van der Waals surface area contributed by atoms with E-state index in [0.29, 0.717) is 5.75 Å². The van der Waals surface area contributed by atoms with Gasteiger partial charge in [0, 0.05) is 0 Å². The number of rotatable bonds is 1. The highest BCUT2D eigenvalue weighted by Crippen LogP contribution is 2.32. The van der Waals surface area contributed by atoms with E-state index in [2.05, 4.69) is 34.6 Å². The molecule has 1 aromatic rings. The number of phenols is 1. The number of aryl methyl sites for hydroxylation is 2. The zero-order valence-electron chi connectivity index (χ0n) is 9.81. The van der Waals surface area contributed by atoms with Gasteiger partial charge in [0.05, 0.1) is 0 Å². The number of phenolic OH excluding ortho intramolecular Hbond substituents is 1. The first-order valence-electron chi connectivity index (χ1n) is 5.19. The molecule has 0 aliphatic heterocycles. The molecule has 1 N–H and O–H groups in total. The van der Waals surface area contributed by atoms with Crippen molar-refractivity contribution in [3.63, 3.8) is 0 Å². The van der Waals surface area contributed by atoms with Crippen LogP contribution < -0.4 is 0 Å². The number of benzene rings is 1. The summed E-state index contributed by atoms with van der Waals surface area (Å²) in [4.78, 5) is 0. The molecule has 0 aliphatic rings. The minimum atomic E-state index is 0.156. The molecule has 0 heterocycles. The Morgan fingerprint density at radius 1 is 1.21 bits per heavy atom. The van der Waals surface area contributed by atoms with Crippen LogP contribution in [-0.2, 0) is 11.8 Å². The summed E-state index contributed by atoms with van der Waals surface area (Å²) in [5, 5.41) is 9.52. The van der Waals surface area contributed by atoms with Crippen LogP contribution in [0.3, 0.4) is 0 Å². The second kappa shape index (κ2) is 3.64. The average molecular weight is 192 g/mol. The van der Waals surface area contributed by atoms with Crippen molar-refractivity contribution < 1.29 is 5.11 Å². The Morgan fingerprint density at radius 2 is 1.79 bits per heavy atom. The first-order valence-corrected chi connectivity index (χ1v) is 5.19. The molecule has 1 nitrogen and oxygen atoms in total. The molecule has 0 saturated heterocycles. The molecule has 14 heavy (non-hydrogen) atoms. The van der Waals surface area contributed by atoms with Crippen molar-refractivity contribution >= 4 is 0 Å². The van der Waals surface area contributed by atoms with Gasteiger partial charge in [-0.05, 0) is 47.6 Å². The summed E-state index contributed by atoms with van der Waals surface area (Å²) in [6, 6.07) is 3.73. The third-order valence-corrected chi connectivity index (χ3v) is 2.53. The molecule has 0 aliphatic carbocycles. The summed E-state index contributed by atoms with van der Waals surface area (Å²) in [6.45, 7) is 10.8. The third kappa shape index (κ3) is 2.09. The number of hydrogen-bond acceptors (Lipinski definition) is 1. The van der Waals surface area contributed by atoms with Crippen LogP contribution >= 0.6 is 0 Å². The molecule has 0 amide bonds. The van der Waals surface area contributed by atoms with Crippen molar-refractivity contribution in [3.05, 3.63) is 28.8 Å². The molecule has 0 fully saturated rings. The van der Waals surface area contributed by atoms with Gasteiger partial charge in [-0.15, -0.1) is 0 Å². The van der Waals surface area contributed by atoms with Gasteiger partial charge in [-0.25, -0.2) is 0 Å². The van der Waals surface area contributed by atoms with Crippen molar-refractivity contribution in [2.75, 3.05) is 0 Å². The highest BCUT2D eigenvalue weighted by Gasteiger charge is 2.20. The standard InChI is InChI=1S/C13H20O/c1-6-10-8-11(14)7-9(2)12(10)13(3,4)5/h7-8,14H,6H2,1-5H3. The highest BCUT2D eigenvalue weighted by molar-refractivity contribution is 5.44. The zero-order valence-corrected chi connectivity index (χ0v) is 9.81. The minimum absolute atomic E-state index is 0.156. The second-order valence-corrected chi connectivity index (χ2v) is 4.90. The lowest BCUT2D eigenvalue weighted by Gasteiger charge is -2.25. The molecule has 0 radical (unpaired) electrons. The minimum Gasteiger partial charge on any atom is -0.508 e. The van der Waals surface area contributed by atoms with Gasteiger partial charge >= 0.3 is 0 Å². The lowest BCUT2D eigenvalue weighted by atomic mass is 9.80. The first-order chi connectivity index (χ1) is 6.36. The normalized spacial score (nSPS) is 11.8. The van der Waals surface area contributed by atoms with Crippen molar-refractivity contribution in [2.24, 2.45) is 0 Å². The monoisotopic (exact) mass is 192 g/mol. The maximum atomic E-state index is 9.52. The smallest absolute Gasteiger partial charge is 0.116 e. The molecule has 0 spiro atoms. The van der Waals surface area contributed by atoms with Gasteiger partial charge in [0.2, 0.25) is 0 Å². The Morgan fingerprint density at radius 3 is 2.21 bits per heavy atom.